The van der Waals surface area contributed by atoms with E-state index >= 15 is 0 Å². The first-order valence-corrected chi connectivity index (χ1v) is 8.65. The number of benzene rings is 1. The monoisotopic (exact) mass is 322 g/mol. The predicted octanol–water partition coefficient (Wildman–Crippen LogP) is 3.99. The van der Waals surface area contributed by atoms with Gasteiger partial charge in [0.15, 0.2) is 11.6 Å². The molecule has 4 nitrogen and oxygen atoms in total. The Labute approximate surface area is 137 Å². The number of anilines is 1. The highest BCUT2D eigenvalue weighted by atomic mass is 19.1. The highest BCUT2D eigenvalue weighted by molar-refractivity contribution is 5.90. The molecule has 5 heteroatoms. The van der Waals surface area contributed by atoms with Gasteiger partial charge in [0.25, 0.3) is 0 Å². The van der Waals surface area contributed by atoms with Crippen LogP contribution in [-0.4, -0.2) is 18.6 Å². The van der Waals surface area contributed by atoms with Crippen molar-refractivity contribution < 1.29 is 13.9 Å². The third kappa shape index (κ3) is 6.18. The van der Waals surface area contributed by atoms with Crippen LogP contribution in [0.5, 0.6) is 5.75 Å². The van der Waals surface area contributed by atoms with Gasteiger partial charge in [0.05, 0.1) is 6.10 Å². The molecule has 1 aromatic rings. The molecule has 0 radical (unpaired) electrons. The van der Waals surface area contributed by atoms with E-state index in [0.717, 1.165) is 51.4 Å². The maximum Gasteiger partial charge on any atom is 0.224 e. The molecular weight excluding hydrogens is 295 g/mol. The summed E-state index contributed by atoms with van der Waals surface area (Å²) >= 11 is 0. The molecule has 128 valence electrons. The second kappa shape index (κ2) is 9.50. The average molecular weight is 322 g/mol. The summed E-state index contributed by atoms with van der Waals surface area (Å²) in [6.45, 7) is 0.695. The molecule has 2 rings (SSSR count). The van der Waals surface area contributed by atoms with Gasteiger partial charge in [-0.1, -0.05) is 12.8 Å². The summed E-state index contributed by atoms with van der Waals surface area (Å²) in [6, 6.07) is 4.63. The third-order valence-corrected chi connectivity index (χ3v) is 4.17. The van der Waals surface area contributed by atoms with Gasteiger partial charge in [-0.25, -0.2) is 4.39 Å². The molecule has 0 aliphatic heterocycles. The van der Waals surface area contributed by atoms with E-state index in [2.05, 4.69) is 5.32 Å². The number of unbranched alkanes of at least 4 members (excludes halogenated alkanes) is 3. The van der Waals surface area contributed by atoms with Crippen LogP contribution in [0, 0.1) is 5.82 Å². The van der Waals surface area contributed by atoms with E-state index in [0.29, 0.717) is 18.7 Å². The van der Waals surface area contributed by atoms with E-state index < -0.39 is 5.82 Å². The van der Waals surface area contributed by atoms with Crippen LogP contribution in [0.25, 0.3) is 0 Å². The zero-order chi connectivity index (χ0) is 16.5. The number of carbonyl (C=O) groups is 1. The van der Waals surface area contributed by atoms with Crippen LogP contribution in [0.4, 0.5) is 10.1 Å². The number of carbonyl (C=O) groups excluding carboxylic acids is 1. The summed E-state index contributed by atoms with van der Waals surface area (Å²) in [6.07, 6.45) is 8.71. The van der Waals surface area contributed by atoms with Crippen LogP contribution >= 0.6 is 0 Å². The van der Waals surface area contributed by atoms with Crippen LogP contribution in [0.2, 0.25) is 0 Å². The fourth-order valence-corrected chi connectivity index (χ4v) is 2.87. The first kappa shape index (κ1) is 17.7. The Kier molecular flexibility index (Phi) is 7.33. The Hall–Kier alpha value is -1.62. The van der Waals surface area contributed by atoms with Gasteiger partial charge in [-0.2, -0.15) is 0 Å². The maximum atomic E-state index is 14.1. The molecule has 0 heterocycles. The van der Waals surface area contributed by atoms with E-state index in [1.807, 2.05) is 0 Å². The molecule has 1 amide bonds. The van der Waals surface area contributed by atoms with Gasteiger partial charge in [-0.05, 0) is 57.2 Å². The van der Waals surface area contributed by atoms with Gasteiger partial charge in [-0.3, -0.25) is 4.79 Å². The van der Waals surface area contributed by atoms with Gasteiger partial charge in [-0.15, -0.1) is 0 Å². The Morgan fingerprint density at radius 1 is 1.22 bits per heavy atom. The normalized spacial score (nSPS) is 14.9. The van der Waals surface area contributed by atoms with Crippen molar-refractivity contribution in [2.45, 2.75) is 63.9 Å². The Morgan fingerprint density at radius 2 is 1.96 bits per heavy atom. The van der Waals surface area contributed by atoms with Crippen molar-refractivity contribution in [1.29, 1.82) is 0 Å². The topological polar surface area (TPSA) is 64.4 Å². The lowest BCUT2D eigenvalue weighted by molar-refractivity contribution is -0.116. The third-order valence-electron chi connectivity index (χ3n) is 4.17. The summed E-state index contributed by atoms with van der Waals surface area (Å²) in [7, 11) is 0. The summed E-state index contributed by atoms with van der Waals surface area (Å²) < 4.78 is 19.7. The molecule has 0 spiro atoms. The van der Waals surface area contributed by atoms with Gasteiger partial charge in [0, 0.05) is 18.2 Å². The molecular formula is C18H27FN2O2. The number of nitrogens with one attached hydrogen (secondary N) is 1. The minimum atomic E-state index is -0.419. The molecule has 0 aromatic heterocycles. The van der Waals surface area contributed by atoms with E-state index in [9.17, 15) is 9.18 Å². The fraction of sp³-hybridized carbons (Fsp3) is 0.611. The minimum absolute atomic E-state index is 0.0818. The molecule has 1 aliphatic rings. The number of hydrogen-bond acceptors (Lipinski definition) is 3. The molecule has 0 saturated heterocycles. The highest BCUT2D eigenvalue weighted by Gasteiger charge is 2.18. The van der Waals surface area contributed by atoms with Crippen molar-refractivity contribution in [1.82, 2.24) is 0 Å². The number of halogens is 1. The van der Waals surface area contributed by atoms with E-state index in [-0.39, 0.29) is 17.8 Å². The number of ether oxygens (including phenoxy) is 1. The zero-order valence-electron chi connectivity index (χ0n) is 13.7. The molecule has 3 N–H and O–H groups in total. The van der Waals surface area contributed by atoms with Gasteiger partial charge >= 0.3 is 0 Å². The molecule has 1 saturated carbocycles. The van der Waals surface area contributed by atoms with Crippen LogP contribution in [-0.2, 0) is 4.79 Å². The SMILES string of the molecule is NCCCCCCC(=O)Nc1ccc(OC2CCCC2)c(F)c1. The van der Waals surface area contributed by atoms with Gasteiger partial charge in [0.2, 0.25) is 5.91 Å². The smallest absolute Gasteiger partial charge is 0.224 e. The highest BCUT2D eigenvalue weighted by Crippen LogP contribution is 2.27. The van der Waals surface area contributed by atoms with E-state index in [1.165, 1.54) is 6.07 Å². The minimum Gasteiger partial charge on any atom is -0.487 e. The maximum absolute atomic E-state index is 14.1. The van der Waals surface area contributed by atoms with Crippen LogP contribution in [0.15, 0.2) is 18.2 Å². The molecule has 23 heavy (non-hydrogen) atoms. The second-order valence-electron chi connectivity index (χ2n) is 6.17. The lowest BCUT2D eigenvalue weighted by Gasteiger charge is -2.14. The van der Waals surface area contributed by atoms with Crippen molar-refractivity contribution >= 4 is 11.6 Å². The van der Waals surface area contributed by atoms with E-state index in [1.54, 1.807) is 12.1 Å². The lowest BCUT2D eigenvalue weighted by atomic mass is 10.1. The summed E-state index contributed by atoms with van der Waals surface area (Å²) in [4.78, 5) is 11.8. The van der Waals surface area contributed by atoms with Crippen molar-refractivity contribution in [2.24, 2.45) is 5.73 Å². The Morgan fingerprint density at radius 3 is 2.65 bits per heavy atom. The number of hydrogen-bond donors (Lipinski definition) is 2. The lowest BCUT2D eigenvalue weighted by Crippen LogP contribution is -2.13. The van der Waals surface area contributed by atoms with Crippen molar-refractivity contribution in [2.75, 3.05) is 11.9 Å². The van der Waals surface area contributed by atoms with Crippen LogP contribution in [0.3, 0.4) is 0 Å². The molecule has 1 aliphatic carbocycles. The van der Waals surface area contributed by atoms with Gasteiger partial charge in [0.1, 0.15) is 0 Å². The molecule has 0 bridgehead atoms. The number of nitrogens with two attached hydrogens (primary N) is 1. The second-order valence-corrected chi connectivity index (χ2v) is 6.17. The Balaban J connectivity index is 1.76. The van der Waals surface area contributed by atoms with E-state index in [4.69, 9.17) is 10.5 Å². The molecule has 1 aromatic carbocycles. The first-order chi connectivity index (χ1) is 11.2. The molecule has 0 unspecified atom stereocenters. The average Bonchev–Trinajstić information content (AvgIpc) is 3.03. The number of rotatable bonds is 9. The summed E-state index contributed by atoms with van der Waals surface area (Å²) in [5, 5.41) is 2.74. The van der Waals surface area contributed by atoms with Gasteiger partial charge < -0.3 is 15.8 Å². The Bertz CT molecular complexity index is 502. The standard InChI is InChI=1S/C18H27FN2O2/c19-16-13-14(21-18(22)9-3-1-2-6-12-20)10-11-17(16)23-15-7-4-5-8-15/h10-11,13,15H,1-9,12,20H2,(H,21,22). The number of amides is 1. The van der Waals surface area contributed by atoms with Crippen molar-refractivity contribution in [3.63, 3.8) is 0 Å². The fourth-order valence-electron chi connectivity index (χ4n) is 2.87. The summed E-state index contributed by atoms with van der Waals surface area (Å²) in [5.41, 5.74) is 5.91. The predicted molar refractivity (Wildman–Crippen MR) is 90.1 cm³/mol. The van der Waals surface area contributed by atoms with Crippen molar-refractivity contribution in [3.8, 4) is 5.75 Å². The quantitative estimate of drug-likeness (QED) is 0.676. The molecule has 0 atom stereocenters. The van der Waals surface area contributed by atoms with Crippen LogP contribution in [0.1, 0.15) is 57.8 Å². The van der Waals surface area contributed by atoms with Crippen molar-refractivity contribution in [3.05, 3.63) is 24.0 Å². The molecule has 1 fully saturated rings. The first-order valence-electron chi connectivity index (χ1n) is 8.65. The largest absolute Gasteiger partial charge is 0.487 e. The van der Waals surface area contributed by atoms with Crippen LogP contribution < -0.4 is 15.8 Å². The summed E-state index contributed by atoms with van der Waals surface area (Å²) in [5.74, 6) is -0.226. The zero-order valence-corrected chi connectivity index (χ0v) is 13.7.